The molecule has 1 rings (SSSR count). The summed E-state index contributed by atoms with van der Waals surface area (Å²) in [4.78, 5) is 19.6. The van der Waals surface area contributed by atoms with Gasteiger partial charge in [0, 0.05) is 25.7 Å². The van der Waals surface area contributed by atoms with Crippen LogP contribution in [-0.2, 0) is 9.47 Å². The Labute approximate surface area is 110 Å². The minimum absolute atomic E-state index is 0.151. The van der Waals surface area contributed by atoms with E-state index < -0.39 is 5.97 Å². The number of rotatable bonds is 7. The Balaban J connectivity index is 2.59. The van der Waals surface area contributed by atoms with E-state index in [1.807, 2.05) is 0 Å². The van der Waals surface area contributed by atoms with Crippen LogP contribution in [0.5, 0.6) is 0 Å². The van der Waals surface area contributed by atoms with E-state index >= 15 is 0 Å². The van der Waals surface area contributed by atoms with Gasteiger partial charge in [-0.25, -0.2) is 14.8 Å². The van der Waals surface area contributed by atoms with Crippen molar-refractivity contribution in [1.82, 2.24) is 9.97 Å². The quantitative estimate of drug-likeness (QED) is 0.347. The van der Waals surface area contributed by atoms with E-state index in [1.165, 1.54) is 18.0 Å². The second-order valence-electron chi connectivity index (χ2n) is 3.37. The number of methoxy groups -OCH3 is 1. The fourth-order valence-electron chi connectivity index (χ4n) is 1.18. The number of carbonyl (C=O) groups excluding carboxylic acids is 1. The number of esters is 1. The monoisotopic (exact) mass is 271 g/mol. The first-order valence-electron chi connectivity index (χ1n) is 5.60. The highest BCUT2D eigenvalue weighted by atomic mass is 32.2. The van der Waals surface area contributed by atoms with Gasteiger partial charge < -0.3 is 15.2 Å². The molecule has 0 fully saturated rings. The average molecular weight is 271 g/mol. The van der Waals surface area contributed by atoms with Gasteiger partial charge in [0.2, 0.25) is 0 Å². The predicted molar refractivity (Wildman–Crippen MR) is 69.6 cm³/mol. The van der Waals surface area contributed by atoms with Gasteiger partial charge in [0.15, 0.2) is 5.16 Å². The second-order valence-corrected chi connectivity index (χ2v) is 4.43. The number of aromatic nitrogens is 2. The van der Waals surface area contributed by atoms with Crippen molar-refractivity contribution in [3.05, 3.63) is 11.8 Å². The third-order valence-electron chi connectivity index (χ3n) is 2.02. The first-order chi connectivity index (χ1) is 8.69. The van der Waals surface area contributed by atoms with Crippen LogP contribution >= 0.6 is 11.8 Å². The summed E-state index contributed by atoms with van der Waals surface area (Å²) < 4.78 is 9.78. The Morgan fingerprint density at radius 1 is 1.56 bits per heavy atom. The fraction of sp³-hybridized carbons (Fsp3) is 0.545. The maximum absolute atomic E-state index is 11.5. The smallest absolute Gasteiger partial charge is 0.343 e. The Bertz CT molecular complexity index is 401. The molecule has 0 saturated heterocycles. The second kappa shape index (κ2) is 7.88. The molecule has 0 atom stereocenters. The van der Waals surface area contributed by atoms with Crippen LogP contribution < -0.4 is 5.73 Å². The third kappa shape index (κ3) is 4.50. The van der Waals surface area contributed by atoms with E-state index in [0.29, 0.717) is 18.4 Å². The zero-order valence-electron chi connectivity index (χ0n) is 10.5. The van der Waals surface area contributed by atoms with E-state index in [1.54, 1.807) is 14.0 Å². The molecule has 0 aliphatic carbocycles. The highest BCUT2D eigenvalue weighted by Gasteiger charge is 2.13. The summed E-state index contributed by atoms with van der Waals surface area (Å²) in [5.74, 6) is 0.495. The molecular formula is C11H17N3O3S. The summed E-state index contributed by atoms with van der Waals surface area (Å²) in [5, 5.41) is 0.552. The van der Waals surface area contributed by atoms with Crippen LogP contribution in [0, 0.1) is 0 Å². The van der Waals surface area contributed by atoms with Gasteiger partial charge >= 0.3 is 5.97 Å². The molecule has 0 aliphatic rings. The van der Waals surface area contributed by atoms with Crippen molar-refractivity contribution in [3.63, 3.8) is 0 Å². The third-order valence-corrected chi connectivity index (χ3v) is 2.96. The lowest BCUT2D eigenvalue weighted by atomic mass is 10.3. The van der Waals surface area contributed by atoms with Crippen molar-refractivity contribution < 1.29 is 14.3 Å². The number of carbonyl (C=O) groups is 1. The molecule has 0 saturated carbocycles. The van der Waals surface area contributed by atoms with E-state index in [9.17, 15) is 4.79 Å². The van der Waals surface area contributed by atoms with Gasteiger partial charge in [-0.15, -0.1) is 0 Å². The van der Waals surface area contributed by atoms with E-state index in [0.717, 1.165) is 12.2 Å². The van der Waals surface area contributed by atoms with E-state index in [-0.39, 0.29) is 11.4 Å². The first kappa shape index (κ1) is 14.7. The molecule has 0 bridgehead atoms. The molecule has 1 aromatic rings. The molecule has 0 spiro atoms. The molecule has 100 valence electrons. The zero-order valence-corrected chi connectivity index (χ0v) is 11.3. The number of ether oxygens (including phenoxy) is 2. The number of thioether (sulfide) groups is 1. The molecule has 0 unspecified atom stereocenters. The number of anilines is 1. The molecule has 0 aromatic carbocycles. The van der Waals surface area contributed by atoms with Crippen molar-refractivity contribution in [1.29, 1.82) is 0 Å². The van der Waals surface area contributed by atoms with Crippen LogP contribution in [0.4, 0.5) is 5.82 Å². The number of hydrogen-bond acceptors (Lipinski definition) is 7. The van der Waals surface area contributed by atoms with Crippen molar-refractivity contribution in [2.24, 2.45) is 0 Å². The van der Waals surface area contributed by atoms with Crippen LogP contribution in [-0.4, -0.2) is 42.0 Å². The molecule has 0 radical (unpaired) electrons. The van der Waals surface area contributed by atoms with E-state index in [4.69, 9.17) is 15.2 Å². The summed E-state index contributed by atoms with van der Waals surface area (Å²) in [5.41, 5.74) is 5.90. The van der Waals surface area contributed by atoms with Gasteiger partial charge in [-0.2, -0.15) is 0 Å². The van der Waals surface area contributed by atoms with Gasteiger partial charge in [0.1, 0.15) is 11.4 Å². The molecular weight excluding hydrogens is 254 g/mol. The van der Waals surface area contributed by atoms with Crippen molar-refractivity contribution in [3.8, 4) is 0 Å². The highest BCUT2D eigenvalue weighted by Crippen LogP contribution is 2.17. The van der Waals surface area contributed by atoms with Gasteiger partial charge in [0.05, 0.1) is 6.61 Å². The number of nitrogens with zero attached hydrogens (tertiary/aromatic N) is 2. The molecule has 18 heavy (non-hydrogen) atoms. The summed E-state index contributed by atoms with van der Waals surface area (Å²) in [6.45, 7) is 2.73. The van der Waals surface area contributed by atoms with Crippen molar-refractivity contribution in [2.45, 2.75) is 18.5 Å². The summed E-state index contributed by atoms with van der Waals surface area (Å²) in [6.07, 6.45) is 2.31. The van der Waals surface area contributed by atoms with Gasteiger partial charge in [-0.3, -0.25) is 0 Å². The number of hydrogen-bond donors (Lipinski definition) is 1. The number of nitrogens with two attached hydrogens (primary N) is 1. The lowest BCUT2D eigenvalue weighted by Crippen LogP contribution is -2.10. The molecule has 1 heterocycles. The zero-order chi connectivity index (χ0) is 13.4. The molecule has 0 amide bonds. The minimum Gasteiger partial charge on any atom is -0.462 e. The average Bonchev–Trinajstić information content (AvgIpc) is 2.35. The summed E-state index contributed by atoms with van der Waals surface area (Å²) in [6, 6.07) is 0. The Hall–Kier alpha value is -1.34. The van der Waals surface area contributed by atoms with Crippen LogP contribution in [0.3, 0.4) is 0 Å². The highest BCUT2D eigenvalue weighted by molar-refractivity contribution is 7.99. The Morgan fingerprint density at radius 2 is 2.33 bits per heavy atom. The maximum atomic E-state index is 11.5. The predicted octanol–water partition coefficient (Wildman–Crippen LogP) is 1.36. The molecule has 6 nitrogen and oxygen atoms in total. The Morgan fingerprint density at radius 3 is 2.94 bits per heavy atom. The largest absolute Gasteiger partial charge is 0.462 e. The minimum atomic E-state index is -0.495. The normalized spacial score (nSPS) is 10.3. The van der Waals surface area contributed by atoms with Crippen molar-refractivity contribution in [2.75, 3.05) is 31.8 Å². The molecule has 7 heteroatoms. The van der Waals surface area contributed by atoms with E-state index in [2.05, 4.69) is 9.97 Å². The lowest BCUT2D eigenvalue weighted by molar-refractivity contribution is 0.0526. The maximum Gasteiger partial charge on any atom is 0.343 e. The topological polar surface area (TPSA) is 87.3 Å². The Kier molecular flexibility index (Phi) is 6.45. The van der Waals surface area contributed by atoms with Gasteiger partial charge in [-0.05, 0) is 13.3 Å². The molecule has 0 aliphatic heterocycles. The van der Waals surface area contributed by atoms with Crippen LogP contribution in [0.25, 0.3) is 0 Å². The van der Waals surface area contributed by atoms with Gasteiger partial charge in [-0.1, -0.05) is 11.8 Å². The summed E-state index contributed by atoms with van der Waals surface area (Å²) in [7, 11) is 1.66. The standard InChI is InChI=1S/C11H17N3O3S/c1-3-17-10(15)8-7-13-11(14-9(8)12)18-6-4-5-16-2/h7H,3-6H2,1-2H3,(H2,12,13,14). The van der Waals surface area contributed by atoms with Crippen molar-refractivity contribution >= 4 is 23.5 Å². The van der Waals surface area contributed by atoms with Gasteiger partial charge in [0.25, 0.3) is 0 Å². The number of nitrogen functional groups attached to an aromatic ring is 1. The first-order valence-corrected chi connectivity index (χ1v) is 6.59. The molecule has 1 aromatic heterocycles. The molecule has 2 N–H and O–H groups in total. The lowest BCUT2D eigenvalue weighted by Gasteiger charge is -2.05. The fourth-order valence-corrected chi connectivity index (χ4v) is 1.92. The van der Waals surface area contributed by atoms with Crippen LogP contribution in [0.1, 0.15) is 23.7 Å². The van der Waals surface area contributed by atoms with Crippen LogP contribution in [0.2, 0.25) is 0 Å². The van der Waals surface area contributed by atoms with Crippen LogP contribution in [0.15, 0.2) is 11.4 Å². The summed E-state index contributed by atoms with van der Waals surface area (Å²) >= 11 is 1.47. The SMILES string of the molecule is CCOC(=O)c1cnc(SCCCOC)nc1N.